The Bertz CT molecular complexity index is 1440. The molecule has 6 heterocycles. The second-order valence-electron chi connectivity index (χ2n) is 7.17. The van der Waals surface area contributed by atoms with Crippen LogP contribution in [0.2, 0.25) is 0 Å². The Morgan fingerprint density at radius 3 is 3.00 bits per heavy atom. The van der Waals surface area contributed by atoms with Gasteiger partial charge in [-0.25, -0.2) is 14.5 Å². The van der Waals surface area contributed by atoms with Gasteiger partial charge in [-0.2, -0.15) is 5.10 Å². The third-order valence-electron chi connectivity index (χ3n) is 5.32. The van der Waals surface area contributed by atoms with Crippen LogP contribution in [0.25, 0.3) is 17.1 Å². The number of H-pyrrole nitrogens is 1. The van der Waals surface area contributed by atoms with Crippen molar-refractivity contribution in [3.8, 4) is 11.6 Å². The Morgan fingerprint density at radius 1 is 1.22 bits per heavy atom. The number of aromatic nitrogens is 8. The normalized spacial score (nSPS) is 15.8. The summed E-state index contributed by atoms with van der Waals surface area (Å²) in [5.74, 6) is -0.372. The van der Waals surface area contributed by atoms with E-state index in [2.05, 4.69) is 52.7 Å². The molecule has 1 aliphatic heterocycles. The van der Waals surface area contributed by atoms with Gasteiger partial charge in [-0.1, -0.05) is 6.07 Å². The summed E-state index contributed by atoms with van der Waals surface area (Å²) in [6, 6.07) is 7.40. The van der Waals surface area contributed by atoms with Crippen molar-refractivity contribution in [2.75, 3.05) is 6.54 Å². The molecule has 1 atom stereocenters. The maximum Gasteiger partial charge on any atom is 0.312 e. The highest BCUT2D eigenvalue weighted by molar-refractivity contribution is 14.1. The summed E-state index contributed by atoms with van der Waals surface area (Å²) < 4.78 is 8.46. The topological polar surface area (TPSA) is 131 Å². The van der Waals surface area contributed by atoms with E-state index in [0.717, 1.165) is 20.6 Å². The van der Waals surface area contributed by atoms with Crippen LogP contribution in [0, 0.1) is 3.70 Å². The van der Waals surface area contributed by atoms with Crippen molar-refractivity contribution in [1.82, 2.24) is 44.6 Å². The van der Waals surface area contributed by atoms with Gasteiger partial charge in [0.15, 0.2) is 0 Å². The van der Waals surface area contributed by atoms with Gasteiger partial charge in [-0.05, 0) is 40.8 Å². The summed E-state index contributed by atoms with van der Waals surface area (Å²) in [6.45, 7) is 0.451. The van der Waals surface area contributed by atoms with Gasteiger partial charge < -0.3 is 14.3 Å². The quantitative estimate of drug-likeness (QED) is 0.273. The molecule has 12 heteroatoms. The number of aromatic amines is 1. The zero-order chi connectivity index (χ0) is 21.7. The van der Waals surface area contributed by atoms with Crippen LogP contribution in [0.4, 0.5) is 0 Å². The standard InChI is InChI=1S/C20H14IN9O2/c21-15-3-1-2-11-8-13(28-30(11)15)17-16-12(24-10-25-16)4-7-29(17)20(31)19-27-26-18(32-19)14-9-22-5-6-23-14/h1-3,5-6,8-10,17H,4,7H2,(H,24,25)/t17-/m1/s1. The van der Waals surface area contributed by atoms with Gasteiger partial charge in [-0.15, -0.1) is 10.2 Å². The van der Waals surface area contributed by atoms with Crippen LogP contribution in [-0.2, 0) is 6.42 Å². The minimum atomic E-state index is -0.486. The van der Waals surface area contributed by atoms with Crippen LogP contribution in [-0.4, -0.2) is 57.1 Å². The molecule has 32 heavy (non-hydrogen) atoms. The van der Waals surface area contributed by atoms with Crippen LogP contribution in [0.5, 0.6) is 0 Å². The molecular weight excluding hydrogens is 525 g/mol. The van der Waals surface area contributed by atoms with E-state index in [1.807, 2.05) is 28.8 Å². The first-order valence-corrected chi connectivity index (χ1v) is 10.8. The summed E-state index contributed by atoms with van der Waals surface area (Å²) in [5, 5.41) is 12.7. The molecule has 0 radical (unpaired) electrons. The van der Waals surface area contributed by atoms with E-state index in [9.17, 15) is 4.79 Å². The van der Waals surface area contributed by atoms with Crippen molar-refractivity contribution in [3.05, 3.63) is 75.9 Å². The fourth-order valence-electron chi connectivity index (χ4n) is 3.88. The minimum Gasteiger partial charge on any atom is -0.411 e. The molecule has 11 nitrogen and oxygen atoms in total. The minimum absolute atomic E-state index is 0.118. The summed E-state index contributed by atoms with van der Waals surface area (Å²) in [4.78, 5) is 30.9. The molecule has 0 saturated carbocycles. The largest absolute Gasteiger partial charge is 0.411 e. The summed E-state index contributed by atoms with van der Waals surface area (Å²) >= 11 is 2.23. The van der Waals surface area contributed by atoms with E-state index in [1.54, 1.807) is 17.4 Å². The van der Waals surface area contributed by atoms with Gasteiger partial charge in [0.2, 0.25) is 0 Å². The first-order valence-electron chi connectivity index (χ1n) is 9.76. The van der Waals surface area contributed by atoms with Crippen molar-refractivity contribution in [1.29, 1.82) is 0 Å². The molecule has 0 spiro atoms. The number of rotatable bonds is 3. The van der Waals surface area contributed by atoms with E-state index >= 15 is 0 Å². The Labute approximate surface area is 194 Å². The Morgan fingerprint density at radius 2 is 2.16 bits per heavy atom. The first-order chi connectivity index (χ1) is 15.7. The van der Waals surface area contributed by atoms with Crippen molar-refractivity contribution in [3.63, 3.8) is 0 Å². The predicted molar refractivity (Wildman–Crippen MR) is 118 cm³/mol. The van der Waals surface area contributed by atoms with Crippen molar-refractivity contribution in [2.24, 2.45) is 0 Å². The molecule has 0 aliphatic carbocycles. The van der Waals surface area contributed by atoms with Crippen LogP contribution in [0.1, 0.15) is 33.8 Å². The highest BCUT2D eigenvalue weighted by Crippen LogP contribution is 2.34. The molecule has 1 aliphatic rings. The second kappa shape index (κ2) is 7.47. The fourth-order valence-corrected chi connectivity index (χ4v) is 4.47. The third kappa shape index (κ3) is 3.05. The molecular formula is C20H14IN9O2. The van der Waals surface area contributed by atoms with Gasteiger partial charge in [-0.3, -0.25) is 9.78 Å². The van der Waals surface area contributed by atoms with Crippen molar-refractivity contribution < 1.29 is 9.21 Å². The monoisotopic (exact) mass is 539 g/mol. The zero-order valence-electron chi connectivity index (χ0n) is 16.4. The van der Waals surface area contributed by atoms with E-state index in [1.165, 1.54) is 12.4 Å². The molecule has 0 unspecified atom stereocenters. The number of nitrogens with one attached hydrogen (secondary N) is 1. The lowest BCUT2D eigenvalue weighted by Gasteiger charge is -2.32. The lowest BCUT2D eigenvalue weighted by Crippen LogP contribution is -2.41. The number of imidazole rings is 1. The lowest BCUT2D eigenvalue weighted by atomic mass is 9.99. The number of amides is 1. The molecule has 0 saturated heterocycles. The van der Waals surface area contributed by atoms with Crippen LogP contribution >= 0.6 is 22.6 Å². The molecule has 5 aromatic rings. The van der Waals surface area contributed by atoms with Gasteiger partial charge in [0.05, 0.1) is 29.4 Å². The van der Waals surface area contributed by atoms with Crippen molar-refractivity contribution in [2.45, 2.75) is 12.5 Å². The predicted octanol–water partition coefficient (Wildman–Crippen LogP) is 2.29. The number of carbonyl (C=O) groups excluding carboxylic acids is 1. The lowest BCUT2D eigenvalue weighted by molar-refractivity contribution is 0.0646. The Kier molecular flexibility index (Phi) is 4.45. The van der Waals surface area contributed by atoms with Gasteiger partial charge >= 0.3 is 11.8 Å². The molecule has 6 rings (SSSR count). The first kappa shape index (κ1) is 19.0. The van der Waals surface area contributed by atoms with E-state index in [0.29, 0.717) is 24.4 Å². The number of hydrogen-bond donors (Lipinski definition) is 1. The molecule has 158 valence electrons. The van der Waals surface area contributed by atoms with Crippen LogP contribution in [0.15, 0.2) is 53.6 Å². The van der Waals surface area contributed by atoms with Gasteiger partial charge in [0.25, 0.3) is 5.89 Å². The van der Waals surface area contributed by atoms with Gasteiger partial charge in [0, 0.05) is 31.1 Å². The maximum absolute atomic E-state index is 13.5. The number of pyridine rings is 1. The average molecular weight is 539 g/mol. The Balaban J connectivity index is 1.41. The maximum atomic E-state index is 13.5. The Hall–Kier alpha value is -3.68. The fraction of sp³-hybridized carbons (Fsp3) is 0.150. The SMILES string of the molecule is O=C(c1nnc(-c2cnccn2)o1)N1CCc2[nH]cnc2[C@H]1c1cc2cccc(I)n2n1. The average Bonchev–Trinajstić information content (AvgIpc) is 3.58. The molecule has 0 bridgehead atoms. The highest BCUT2D eigenvalue weighted by Gasteiger charge is 2.38. The summed E-state index contributed by atoms with van der Waals surface area (Å²) in [6.07, 6.45) is 6.84. The number of carbonyl (C=O) groups is 1. The number of fused-ring (bicyclic) bond motifs is 2. The number of halogens is 1. The van der Waals surface area contributed by atoms with E-state index in [4.69, 9.17) is 9.52 Å². The molecule has 0 fully saturated rings. The van der Waals surface area contributed by atoms with Crippen molar-refractivity contribution >= 4 is 34.0 Å². The summed E-state index contributed by atoms with van der Waals surface area (Å²) in [5.41, 5.74) is 3.79. The second-order valence-corrected chi connectivity index (χ2v) is 8.28. The molecule has 0 aromatic carbocycles. The van der Waals surface area contributed by atoms with Crippen LogP contribution < -0.4 is 0 Å². The number of hydrogen-bond acceptors (Lipinski definition) is 8. The van der Waals surface area contributed by atoms with Gasteiger partial charge in [0.1, 0.15) is 15.4 Å². The van der Waals surface area contributed by atoms with E-state index < -0.39 is 11.9 Å². The molecule has 1 N–H and O–H groups in total. The molecule has 1 amide bonds. The third-order valence-corrected chi connectivity index (χ3v) is 6.13. The number of nitrogens with zero attached hydrogens (tertiary/aromatic N) is 8. The zero-order valence-corrected chi connectivity index (χ0v) is 18.5. The van der Waals surface area contributed by atoms with Crippen LogP contribution in [0.3, 0.4) is 0 Å². The molecule has 5 aromatic heterocycles. The summed E-state index contributed by atoms with van der Waals surface area (Å²) in [7, 11) is 0. The van der Waals surface area contributed by atoms with E-state index in [-0.39, 0.29) is 11.8 Å². The smallest absolute Gasteiger partial charge is 0.312 e. The highest BCUT2D eigenvalue weighted by atomic mass is 127.